The second-order valence-electron chi connectivity index (χ2n) is 3.75. The van der Waals surface area contributed by atoms with E-state index in [1.54, 1.807) is 0 Å². The number of nitrogens with one attached hydrogen (secondary N) is 1. The highest BCUT2D eigenvalue weighted by Gasteiger charge is 2.29. The van der Waals surface area contributed by atoms with Gasteiger partial charge in [0.1, 0.15) is 0 Å². The van der Waals surface area contributed by atoms with Gasteiger partial charge in [-0.2, -0.15) is 0 Å². The molecule has 0 heterocycles. The van der Waals surface area contributed by atoms with Crippen molar-refractivity contribution in [2.24, 2.45) is 5.73 Å². The predicted octanol–water partition coefficient (Wildman–Crippen LogP) is -1.03. The quantitative estimate of drug-likeness (QED) is 0.621. The molecule has 0 radical (unpaired) electrons. The van der Waals surface area contributed by atoms with E-state index in [2.05, 4.69) is 16.9 Å². The average Bonchev–Trinajstić information content (AvgIpc) is 1.75. The van der Waals surface area contributed by atoms with Crippen LogP contribution in [0.25, 0.3) is 0 Å². The minimum atomic E-state index is -3.95. The van der Waals surface area contributed by atoms with Crippen molar-refractivity contribution < 1.29 is 16.8 Å². The van der Waals surface area contributed by atoms with Crippen molar-refractivity contribution in [2.45, 2.75) is 19.4 Å². The lowest BCUT2D eigenvalue weighted by molar-refractivity contribution is 0.548. The van der Waals surface area contributed by atoms with Crippen molar-refractivity contribution in [3.05, 3.63) is 0 Å². The van der Waals surface area contributed by atoms with E-state index in [4.69, 9.17) is 5.73 Å². The zero-order valence-corrected chi connectivity index (χ0v) is 11.1. The van der Waals surface area contributed by atoms with Gasteiger partial charge >= 0.3 is 0 Å². The zero-order chi connectivity index (χ0) is 12.5. The van der Waals surface area contributed by atoms with Crippen molar-refractivity contribution in [1.29, 1.82) is 0 Å². The van der Waals surface area contributed by atoms with Gasteiger partial charge in [0.05, 0.1) is 10.5 Å². The van der Waals surface area contributed by atoms with Crippen LogP contribution in [0.4, 0.5) is 0 Å². The number of rotatable bonds is 5. The number of nitrogens with two attached hydrogens (primary N) is 1. The SMILES string of the molecule is CC(C)(NS(=O)(=O)CS(C)(=O)=O)C(N)=S. The average molecular weight is 274 g/mol. The Morgan fingerprint density at radius 2 is 1.73 bits per heavy atom. The summed E-state index contributed by atoms with van der Waals surface area (Å²) >= 11 is 4.64. The molecule has 0 aliphatic heterocycles. The molecule has 6 nitrogen and oxygen atoms in total. The molecule has 15 heavy (non-hydrogen) atoms. The number of hydrogen-bond donors (Lipinski definition) is 2. The van der Waals surface area contributed by atoms with Crippen LogP contribution in [0.15, 0.2) is 0 Å². The van der Waals surface area contributed by atoms with Gasteiger partial charge in [0.2, 0.25) is 10.0 Å². The Labute approximate surface area is 95.2 Å². The van der Waals surface area contributed by atoms with Gasteiger partial charge in [-0.1, -0.05) is 12.2 Å². The molecule has 0 atom stereocenters. The van der Waals surface area contributed by atoms with Crippen molar-refractivity contribution in [1.82, 2.24) is 4.72 Å². The summed E-state index contributed by atoms with van der Waals surface area (Å²) < 4.78 is 46.5. The van der Waals surface area contributed by atoms with Gasteiger partial charge in [0.15, 0.2) is 14.9 Å². The molecular weight excluding hydrogens is 260 g/mol. The van der Waals surface area contributed by atoms with Crippen molar-refractivity contribution in [2.75, 3.05) is 11.3 Å². The Morgan fingerprint density at radius 3 is 2.00 bits per heavy atom. The summed E-state index contributed by atoms with van der Waals surface area (Å²) in [6, 6.07) is 0. The second-order valence-corrected chi connectivity index (χ2v) is 8.42. The molecule has 0 aliphatic carbocycles. The highest BCUT2D eigenvalue weighted by Crippen LogP contribution is 2.06. The first-order valence-electron chi connectivity index (χ1n) is 3.85. The van der Waals surface area contributed by atoms with Crippen LogP contribution in [0.2, 0.25) is 0 Å². The van der Waals surface area contributed by atoms with Gasteiger partial charge in [-0.3, -0.25) is 0 Å². The van der Waals surface area contributed by atoms with Crippen LogP contribution >= 0.6 is 12.2 Å². The molecule has 9 heteroatoms. The molecule has 0 aromatic rings. The fraction of sp³-hybridized carbons (Fsp3) is 0.833. The molecule has 0 unspecified atom stereocenters. The van der Waals surface area contributed by atoms with E-state index in [1.807, 2.05) is 0 Å². The lowest BCUT2D eigenvalue weighted by Crippen LogP contribution is -2.53. The fourth-order valence-corrected chi connectivity index (χ4v) is 4.24. The highest BCUT2D eigenvalue weighted by atomic mass is 32.3. The van der Waals surface area contributed by atoms with Crippen LogP contribution < -0.4 is 10.5 Å². The van der Waals surface area contributed by atoms with Crippen LogP contribution in [0.5, 0.6) is 0 Å². The summed E-state index contributed by atoms with van der Waals surface area (Å²) in [6.07, 6.45) is 0.833. The van der Waals surface area contributed by atoms with Crippen LogP contribution in [0.3, 0.4) is 0 Å². The minimum Gasteiger partial charge on any atom is -0.392 e. The van der Waals surface area contributed by atoms with Crippen LogP contribution in [0, 0.1) is 0 Å². The number of thiocarbonyl (C=S) groups is 1. The number of sulfonamides is 1. The normalized spacial score (nSPS) is 13.8. The maximum Gasteiger partial charge on any atom is 0.226 e. The lowest BCUT2D eigenvalue weighted by atomic mass is 10.1. The molecule has 3 N–H and O–H groups in total. The Bertz CT molecular complexity index is 449. The van der Waals surface area contributed by atoms with Crippen LogP contribution in [-0.4, -0.2) is 38.7 Å². The lowest BCUT2D eigenvalue weighted by Gasteiger charge is -2.23. The summed E-state index contributed by atoms with van der Waals surface area (Å²) in [4.78, 5) is -0.0559. The molecule has 0 aliphatic rings. The Hall–Kier alpha value is -0.250. The van der Waals surface area contributed by atoms with E-state index in [0.717, 1.165) is 6.26 Å². The third-order valence-corrected chi connectivity index (χ3v) is 5.68. The predicted molar refractivity (Wildman–Crippen MR) is 62.6 cm³/mol. The first-order valence-corrected chi connectivity index (χ1v) is 7.97. The fourth-order valence-electron chi connectivity index (χ4n) is 0.750. The van der Waals surface area contributed by atoms with E-state index in [-0.39, 0.29) is 4.99 Å². The van der Waals surface area contributed by atoms with Crippen LogP contribution in [-0.2, 0) is 19.9 Å². The van der Waals surface area contributed by atoms with E-state index >= 15 is 0 Å². The molecule has 0 saturated carbocycles. The summed E-state index contributed by atoms with van der Waals surface area (Å²) in [5.74, 6) is 0. The number of sulfone groups is 1. The van der Waals surface area contributed by atoms with Gasteiger partial charge in [0, 0.05) is 6.26 Å². The smallest absolute Gasteiger partial charge is 0.226 e. The topological polar surface area (TPSA) is 106 Å². The Morgan fingerprint density at radius 1 is 1.33 bits per heavy atom. The molecule has 0 amide bonds. The third-order valence-electron chi connectivity index (χ3n) is 1.40. The summed E-state index contributed by atoms with van der Waals surface area (Å²) in [5.41, 5.74) is 4.16. The molecule has 0 rings (SSSR count). The molecule has 0 bridgehead atoms. The summed E-state index contributed by atoms with van der Waals surface area (Å²) in [5, 5.41) is -0.980. The molecule has 0 spiro atoms. The minimum absolute atomic E-state index is 0.0559. The van der Waals surface area contributed by atoms with Gasteiger partial charge < -0.3 is 5.73 Å². The van der Waals surface area contributed by atoms with Crippen molar-refractivity contribution >= 4 is 37.1 Å². The standard InChI is InChI=1S/C6H14N2O4S3/c1-6(2,5(7)13)8-15(11,12)4-14(3,9)10/h8H,4H2,1-3H3,(H2,7,13). The van der Waals surface area contributed by atoms with Crippen LogP contribution in [0.1, 0.15) is 13.8 Å². The van der Waals surface area contributed by atoms with Crippen molar-refractivity contribution in [3.8, 4) is 0 Å². The highest BCUT2D eigenvalue weighted by molar-refractivity contribution is 8.06. The largest absolute Gasteiger partial charge is 0.392 e. The Kier molecular flexibility index (Phi) is 4.25. The first kappa shape index (κ1) is 14.8. The maximum atomic E-state index is 11.4. The third kappa shape index (κ3) is 6.03. The van der Waals surface area contributed by atoms with Gasteiger partial charge in [-0.05, 0) is 13.8 Å². The van der Waals surface area contributed by atoms with E-state index in [0.29, 0.717) is 0 Å². The number of hydrogen-bond acceptors (Lipinski definition) is 5. The molecule has 90 valence electrons. The summed E-state index contributed by atoms with van der Waals surface area (Å²) in [6.45, 7) is 2.91. The second kappa shape index (κ2) is 4.32. The van der Waals surface area contributed by atoms with Gasteiger partial charge in [0.25, 0.3) is 0 Å². The molecule has 0 aromatic carbocycles. The monoisotopic (exact) mass is 274 g/mol. The van der Waals surface area contributed by atoms with E-state index < -0.39 is 30.5 Å². The van der Waals surface area contributed by atoms with Gasteiger partial charge in [-0.25, -0.2) is 21.6 Å². The molecule has 0 aromatic heterocycles. The maximum absolute atomic E-state index is 11.4. The van der Waals surface area contributed by atoms with E-state index in [9.17, 15) is 16.8 Å². The molecule has 0 saturated heterocycles. The Balaban J connectivity index is 4.90. The summed E-state index contributed by atoms with van der Waals surface area (Å²) in [7, 11) is -7.56. The zero-order valence-electron chi connectivity index (χ0n) is 8.64. The van der Waals surface area contributed by atoms with Gasteiger partial charge in [-0.15, -0.1) is 0 Å². The van der Waals surface area contributed by atoms with Crippen molar-refractivity contribution in [3.63, 3.8) is 0 Å². The molecular formula is C6H14N2O4S3. The molecule has 0 fully saturated rings. The van der Waals surface area contributed by atoms with E-state index in [1.165, 1.54) is 13.8 Å². The first-order chi connectivity index (χ1) is 6.36.